The zero-order valence-corrected chi connectivity index (χ0v) is 14.3. The summed E-state index contributed by atoms with van der Waals surface area (Å²) in [5.74, 6) is -0.628. The lowest BCUT2D eigenvalue weighted by Gasteiger charge is -2.33. The minimum atomic E-state index is -3.46. The Balaban J connectivity index is 2.34. The Labute approximate surface area is 128 Å². The van der Waals surface area contributed by atoms with Gasteiger partial charge in [-0.05, 0) is 25.9 Å². The lowest BCUT2D eigenvalue weighted by atomic mass is 10.2. The first-order chi connectivity index (χ1) is 9.74. The summed E-state index contributed by atoms with van der Waals surface area (Å²) in [5, 5.41) is 0. The van der Waals surface area contributed by atoms with Gasteiger partial charge in [0.2, 0.25) is 10.0 Å². The Morgan fingerprint density at radius 1 is 0.905 bits per heavy atom. The summed E-state index contributed by atoms with van der Waals surface area (Å²) in [7, 11) is -6.71. The maximum atomic E-state index is 12.1. The van der Waals surface area contributed by atoms with E-state index in [4.69, 9.17) is 5.73 Å². The second-order valence-corrected chi connectivity index (χ2v) is 9.88. The number of sulfonamides is 1. The predicted octanol–water partition coefficient (Wildman–Crippen LogP) is -0.893. The molecule has 1 aliphatic rings. The van der Waals surface area contributed by atoms with Crippen LogP contribution >= 0.6 is 0 Å². The van der Waals surface area contributed by atoms with Gasteiger partial charge in [0.25, 0.3) is 0 Å². The van der Waals surface area contributed by atoms with Crippen molar-refractivity contribution in [3.8, 4) is 0 Å². The summed E-state index contributed by atoms with van der Waals surface area (Å²) in [5.41, 5.74) is 5.44. The number of piperazine rings is 1. The number of hydrogen-bond acceptors (Lipinski definition) is 6. The van der Waals surface area contributed by atoms with E-state index in [1.54, 1.807) is 0 Å². The normalized spacial score (nSPS) is 19.0. The van der Waals surface area contributed by atoms with Crippen molar-refractivity contribution in [3.63, 3.8) is 0 Å². The van der Waals surface area contributed by atoms with Crippen molar-refractivity contribution >= 4 is 19.9 Å². The maximum Gasteiger partial charge on any atom is 0.215 e. The third-order valence-electron chi connectivity index (χ3n) is 3.62. The summed E-state index contributed by atoms with van der Waals surface area (Å²) in [6, 6.07) is 0. The van der Waals surface area contributed by atoms with Gasteiger partial charge < -0.3 is 10.6 Å². The fraction of sp³-hybridized carbons (Fsp3) is 1.00. The van der Waals surface area contributed by atoms with Crippen molar-refractivity contribution < 1.29 is 16.8 Å². The zero-order valence-electron chi connectivity index (χ0n) is 12.7. The highest BCUT2D eigenvalue weighted by Gasteiger charge is 2.27. The second kappa shape index (κ2) is 8.42. The Hall–Kier alpha value is -0.220. The lowest BCUT2D eigenvalue weighted by molar-refractivity contribution is 0.185. The molecule has 0 aromatic rings. The molecule has 1 aliphatic heterocycles. The van der Waals surface area contributed by atoms with E-state index in [-0.39, 0.29) is 11.5 Å². The van der Waals surface area contributed by atoms with E-state index < -0.39 is 19.9 Å². The van der Waals surface area contributed by atoms with Gasteiger partial charge in [0, 0.05) is 32.4 Å². The van der Waals surface area contributed by atoms with Crippen LogP contribution in [0.4, 0.5) is 0 Å². The molecular formula is C12H27N3O4S2. The largest absolute Gasteiger partial charge is 0.330 e. The van der Waals surface area contributed by atoms with E-state index in [9.17, 15) is 16.8 Å². The summed E-state index contributed by atoms with van der Waals surface area (Å²) in [6.07, 6.45) is 4.27. The van der Waals surface area contributed by atoms with E-state index in [0.29, 0.717) is 32.7 Å². The van der Waals surface area contributed by atoms with E-state index in [0.717, 1.165) is 32.1 Å². The first-order valence-electron chi connectivity index (χ1n) is 7.32. The first-order valence-corrected chi connectivity index (χ1v) is 11.0. The van der Waals surface area contributed by atoms with Gasteiger partial charge in [-0.25, -0.2) is 16.8 Å². The molecule has 2 N–H and O–H groups in total. The van der Waals surface area contributed by atoms with Crippen LogP contribution in [0.3, 0.4) is 0 Å². The van der Waals surface area contributed by atoms with Gasteiger partial charge in [-0.3, -0.25) is 0 Å². The van der Waals surface area contributed by atoms with Crippen LogP contribution in [0.15, 0.2) is 0 Å². The second-order valence-electron chi connectivity index (χ2n) is 5.54. The molecule has 21 heavy (non-hydrogen) atoms. The van der Waals surface area contributed by atoms with Crippen molar-refractivity contribution in [2.24, 2.45) is 5.73 Å². The van der Waals surface area contributed by atoms with Crippen LogP contribution in [-0.4, -0.2) is 83.1 Å². The molecule has 0 radical (unpaired) electrons. The summed E-state index contributed by atoms with van der Waals surface area (Å²) in [4.78, 5) is 2.25. The fourth-order valence-corrected chi connectivity index (χ4v) is 5.30. The van der Waals surface area contributed by atoms with Crippen LogP contribution in [0.2, 0.25) is 0 Å². The number of hydrogen-bond donors (Lipinski definition) is 1. The average molecular weight is 341 g/mol. The van der Waals surface area contributed by atoms with Crippen LogP contribution in [0, 0.1) is 0 Å². The van der Waals surface area contributed by atoms with Gasteiger partial charge in [-0.1, -0.05) is 6.42 Å². The Morgan fingerprint density at radius 3 is 2.05 bits per heavy atom. The summed E-state index contributed by atoms with van der Waals surface area (Å²) < 4.78 is 47.7. The van der Waals surface area contributed by atoms with Gasteiger partial charge in [-0.2, -0.15) is 4.31 Å². The highest BCUT2D eigenvalue weighted by Crippen LogP contribution is 2.10. The van der Waals surface area contributed by atoms with E-state index in [1.807, 2.05) is 0 Å². The Morgan fingerprint density at radius 2 is 1.52 bits per heavy atom. The number of rotatable bonds is 9. The molecule has 1 rings (SSSR count). The van der Waals surface area contributed by atoms with Crippen molar-refractivity contribution in [1.29, 1.82) is 0 Å². The first kappa shape index (κ1) is 18.8. The van der Waals surface area contributed by atoms with Gasteiger partial charge in [-0.15, -0.1) is 0 Å². The van der Waals surface area contributed by atoms with E-state index >= 15 is 0 Å². The van der Waals surface area contributed by atoms with E-state index in [2.05, 4.69) is 4.90 Å². The fourth-order valence-electron chi connectivity index (χ4n) is 2.27. The van der Waals surface area contributed by atoms with E-state index in [1.165, 1.54) is 4.31 Å². The lowest BCUT2D eigenvalue weighted by Crippen LogP contribution is -2.49. The molecule has 0 spiro atoms. The Kier molecular flexibility index (Phi) is 7.55. The standard InChI is InChI=1S/C12H27N3O4S2/c1-20(16,17)11-12-21(18,19)15-9-7-14(8-10-15)6-4-2-3-5-13/h2-13H2,1H3. The molecule has 0 saturated carbocycles. The molecule has 0 aromatic carbocycles. The number of nitrogens with two attached hydrogens (primary N) is 1. The molecule has 0 atom stereocenters. The predicted molar refractivity (Wildman–Crippen MR) is 84.4 cm³/mol. The molecule has 126 valence electrons. The van der Waals surface area contributed by atoms with Gasteiger partial charge in [0.15, 0.2) is 0 Å². The maximum absolute atomic E-state index is 12.1. The molecule has 1 saturated heterocycles. The number of nitrogens with zero attached hydrogens (tertiary/aromatic N) is 2. The molecule has 9 heteroatoms. The molecule has 1 heterocycles. The molecule has 1 fully saturated rings. The van der Waals surface area contributed by atoms with Gasteiger partial charge in [0.05, 0.1) is 11.5 Å². The van der Waals surface area contributed by atoms with Gasteiger partial charge in [0.1, 0.15) is 9.84 Å². The topological polar surface area (TPSA) is 101 Å². The van der Waals surface area contributed by atoms with Crippen LogP contribution in [0.5, 0.6) is 0 Å². The smallest absolute Gasteiger partial charge is 0.215 e. The molecule has 0 aromatic heterocycles. The third kappa shape index (κ3) is 7.55. The van der Waals surface area contributed by atoms with Gasteiger partial charge >= 0.3 is 0 Å². The number of unbranched alkanes of at least 4 members (excludes halogenated alkanes) is 2. The molecule has 0 amide bonds. The summed E-state index contributed by atoms with van der Waals surface area (Å²) >= 11 is 0. The van der Waals surface area contributed by atoms with Crippen LogP contribution < -0.4 is 5.73 Å². The minimum absolute atomic E-state index is 0.311. The third-order valence-corrected chi connectivity index (χ3v) is 6.69. The van der Waals surface area contributed by atoms with Crippen molar-refractivity contribution in [1.82, 2.24) is 9.21 Å². The van der Waals surface area contributed by atoms with Crippen molar-refractivity contribution in [2.75, 3.05) is 57.0 Å². The molecule has 7 nitrogen and oxygen atoms in total. The monoisotopic (exact) mass is 341 g/mol. The van der Waals surface area contributed by atoms with Crippen molar-refractivity contribution in [3.05, 3.63) is 0 Å². The quantitative estimate of drug-likeness (QED) is 0.546. The molecule has 0 unspecified atom stereocenters. The number of sulfone groups is 1. The highest BCUT2D eigenvalue weighted by molar-refractivity contribution is 7.93. The Bertz CT molecular complexity index is 497. The SMILES string of the molecule is CS(=O)(=O)CCS(=O)(=O)N1CCN(CCCCCN)CC1. The van der Waals surface area contributed by atoms with Crippen molar-refractivity contribution in [2.45, 2.75) is 19.3 Å². The minimum Gasteiger partial charge on any atom is -0.330 e. The molecular weight excluding hydrogens is 314 g/mol. The zero-order chi connectivity index (χ0) is 15.9. The average Bonchev–Trinajstić information content (AvgIpc) is 2.41. The molecule has 0 bridgehead atoms. The molecule has 0 aliphatic carbocycles. The van der Waals surface area contributed by atoms with Crippen LogP contribution in [0.1, 0.15) is 19.3 Å². The summed E-state index contributed by atoms with van der Waals surface area (Å²) in [6.45, 7) is 4.00. The highest BCUT2D eigenvalue weighted by atomic mass is 32.2. The van der Waals surface area contributed by atoms with Crippen LogP contribution in [0.25, 0.3) is 0 Å². The van der Waals surface area contributed by atoms with Crippen LogP contribution in [-0.2, 0) is 19.9 Å².